The van der Waals surface area contributed by atoms with Gasteiger partial charge in [-0.25, -0.2) is 0 Å². The van der Waals surface area contributed by atoms with Gasteiger partial charge in [0.1, 0.15) is 0 Å². The lowest BCUT2D eigenvalue weighted by molar-refractivity contribution is -0.201. The summed E-state index contributed by atoms with van der Waals surface area (Å²) in [5.41, 5.74) is 0.675. The van der Waals surface area contributed by atoms with E-state index in [1.54, 1.807) is 43.6 Å². The van der Waals surface area contributed by atoms with Gasteiger partial charge in [-0.05, 0) is 43.5 Å². The van der Waals surface area contributed by atoms with Gasteiger partial charge >= 0.3 is 6.18 Å². The first-order chi connectivity index (χ1) is 16.7. The molecule has 4 heterocycles. The maximum Gasteiger partial charge on any atom is 0.401 e. The molecule has 11 heteroatoms. The molecule has 2 atom stereocenters. The van der Waals surface area contributed by atoms with E-state index in [-0.39, 0.29) is 18.4 Å². The van der Waals surface area contributed by atoms with Crippen molar-refractivity contribution in [1.29, 1.82) is 0 Å². The molecular weight excluding hydrogens is 464 g/mol. The van der Waals surface area contributed by atoms with E-state index in [0.717, 1.165) is 41.0 Å². The first-order valence-electron chi connectivity index (χ1n) is 11.7. The van der Waals surface area contributed by atoms with Crippen LogP contribution < -0.4 is 5.32 Å². The van der Waals surface area contributed by atoms with Gasteiger partial charge in [-0.3, -0.25) is 24.3 Å². The molecule has 0 spiro atoms. The third-order valence-corrected chi connectivity index (χ3v) is 6.96. The Kier molecular flexibility index (Phi) is 6.18. The molecule has 3 N–H and O–H groups in total. The predicted octanol–water partition coefficient (Wildman–Crippen LogP) is 3.42. The zero-order chi connectivity index (χ0) is 24.8. The van der Waals surface area contributed by atoms with E-state index in [9.17, 15) is 22.7 Å². The number of anilines is 1. The van der Waals surface area contributed by atoms with Crippen LogP contribution in [-0.4, -0.2) is 81.2 Å². The highest BCUT2D eigenvalue weighted by Crippen LogP contribution is 2.44. The standard InChI is InChI=1S/C24H28F4N6O/c1-15-9-18-19-11-30-32-21(19)5-4-20(18)24(35,34(15)14-23(26,27)28)22-6-3-16(10-29-22)31-17-12-33(13-17)8-2-7-25/h3-6,10-11,15,17,31,35H,2,7-9,12-14H2,1H3,(H,30,32)/t15-,24-/m1/s1. The normalized spacial score (nSPS) is 23.9. The van der Waals surface area contributed by atoms with E-state index < -0.39 is 24.5 Å². The summed E-state index contributed by atoms with van der Waals surface area (Å²) in [7, 11) is 0. The molecular formula is C24H28F4N6O. The van der Waals surface area contributed by atoms with Crippen LogP contribution in [0.1, 0.15) is 30.2 Å². The number of nitrogens with zero attached hydrogens (tertiary/aromatic N) is 4. The number of aromatic nitrogens is 3. The molecule has 1 saturated heterocycles. The van der Waals surface area contributed by atoms with Gasteiger partial charge < -0.3 is 10.4 Å². The number of rotatable bonds is 7. The van der Waals surface area contributed by atoms with Crippen molar-refractivity contribution in [3.05, 3.63) is 53.5 Å². The van der Waals surface area contributed by atoms with Gasteiger partial charge in [0.25, 0.3) is 0 Å². The Morgan fingerprint density at radius 2 is 2.00 bits per heavy atom. The van der Waals surface area contributed by atoms with Crippen molar-refractivity contribution in [1.82, 2.24) is 25.0 Å². The molecule has 7 nitrogen and oxygen atoms in total. The average molecular weight is 493 g/mol. The lowest BCUT2D eigenvalue weighted by atomic mass is 9.82. The van der Waals surface area contributed by atoms with Crippen LogP contribution >= 0.6 is 0 Å². The number of aromatic amines is 1. The van der Waals surface area contributed by atoms with E-state index in [0.29, 0.717) is 24.1 Å². The zero-order valence-corrected chi connectivity index (χ0v) is 19.3. The minimum Gasteiger partial charge on any atom is -0.378 e. The summed E-state index contributed by atoms with van der Waals surface area (Å²) < 4.78 is 53.1. The average Bonchev–Trinajstić information content (AvgIpc) is 3.27. The highest BCUT2D eigenvalue weighted by atomic mass is 19.4. The van der Waals surface area contributed by atoms with Gasteiger partial charge in [-0.1, -0.05) is 6.07 Å². The van der Waals surface area contributed by atoms with Crippen molar-refractivity contribution in [3.8, 4) is 0 Å². The zero-order valence-electron chi connectivity index (χ0n) is 19.3. The topological polar surface area (TPSA) is 80.3 Å². The third kappa shape index (κ3) is 4.48. The quantitative estimate of drug-likeness (QED) is 0.439. The number of nitrogens with one attached hydrogen (secondary N) is 2. The summed E-state index contributed by atoms with van der Waals surface area (Å²) in [5, 5.41) is 23.1. The summed E-state index contributed by atoms with van der Waals surface area (Å²) in [6.45, 7) is 2.37. The van der Waals surface area contributed by atoms with E-state index >= 15 is 0 Å². The second-order valence-electron chi connectivity index (χ2n) is 9.47. The van der Waals surface area contributed by atoms with Crippen molar-refractivity contribution in [3.63, 3.8) is 0 Å². The van der Waals surface area contributed by atoms with Crippen molar-refractivity contribution in [2.24, 2.45) is 0 Å². The first kappa shape index (κ1) is 24.0. The number of H-pyrrole nitrogens is 1. The highest BCUT2D eigenvalue weighted by molar-refractivity contribution is 5.84. The van der Waals surface area contributed by atoms with Gasteiger partial charge in [0.2, 0.25) is 0 Å². The molecule has 0 amide bonds. The summed E-state index contributed by atoms with van der Waals surface area (Å²) in [5.74, 6) is 0. The maximum atomic E-state index is 13.6. The number of halogens is 4. The molecule has 2 aliphatic rings. The third-order valence-electron chi connectivity index (χ3n) is 6.96. The Labute approximate surface area is 200 Å². The molecule has 3 aromatic rings. The fourth-order valence-corrected chi connectivity index (χ4v) is 5.30. The Balaban J connectivity index is 1.46. The Morgan fingerprint density at radius 3 is 2.69 bits per heavy atom. The van der Waals surface area contributed by atoms with Crippen molar-refractivity contribution in [2.45, 2.75) is 43.8 Å². The second-order valence-corrected chi connectivity index (χ2v) is 9.47. The van der Waals surface area contributed by atoms with Gasteiger partial charge in [0, 0.05) is 36.6 Å². The first-order valence-corrected chi connectivity index (χ1v) is 11.7. The maximum absolute atomic E-state index is 13.6. The van der Waals surface area contributed by atoms with E-state index in [1.807, 2.05) is 0 Å². The molecule has 0 radical (unpaired) electrons. The molecule has 1 fully saturated rings. The SMILES string of the molecule is C[C@@H]1Cc2c(ccc3[nH]ncc23)[C@@](O)(c2ccc(NC3CN(CCCF)C3)cn2)N1CC(F)(F)F. The smallest absolute Gasteiger partial charge is 0.378 e. The van der Waals surface area contributed by atoms with Crippen LogP contribution in [0.25, 0.3) is 10.9 Å². The van der Waals surface area contributed by atoms with Crippen molar-refractivity contribution in [2.75, 3.05) is 38.2 Å². The fourth-order valence-electron chi connectivity index (χ4n) is 5.30. The van der Waals surface area contributed by atoms with Crippen LogP contribution in [0.3, 0.4) is 0 Å². The molecule has 188 valence electrons. The molecule has 35 heavy (non-hydrogen) atoms. The van der Waals surface area contributed by atoms with Crippen LogP contribution in [0.15, 0.2) is 36.7 Å². The second kappa shape index (κ2) is 9.03. The Morgan fingerprint density at radius 1 is 1.20 bits per heavy atom. The van der Waals surface area contributed by atoms with Crippen LogP contribution in [-0.2, 0) is 12.1 Å². The predicted molar refractivity (Wildman–Crippen MR) is 124 cm³/mol. The summed E-state index contributed by atoms with van der Waals surface area (Å²) >= 11 is 0. The Bertz CT molecular complexity index is 1180. The highest BCUT2D eigenvalue weighted by Gasteiger charge is 2.51. The molecule has 0 bridgehead atoms. The fraction of sp³-hybridized carbons (Fsp3) is 0.500. The van der Waals surface area contributed by atoms with Gasteiger partial charge in [0.05, 0.1) is 48.6 Å². The molecule has 0 saturated carbocycles. The number of aliphatic hydroxyl groups is 1. The molecule has 2 aliphatic heterocycles. The number of likely N-dealkylation sites (tertiary alicyclic amines) is 1. The number of pyridine rings is 1. The summed E-state index contributed by atoms with van der Waals surface area (Å²) in [4.78, 5) is 7.65. The minimum absolute atomic E-state index is 0.126. The molecule has 0 aliphatic carbocycles. The molecule has 0 unspecified atom stereocenters. The van der Waals surface area contributed by atoms with Gasteiger partial charge in [-0.15, -0.1) is 0 Å². The minimum atomic E-state index is -4.50. The molecule has 1 aromatic carbocycles. The number of hydrogen-bond acceptors (Lipinski definition) is 6. The van der Waals surface area contributed by atoms with Crippen LogP contribution in [0.4, 0.5) is 23.2 Å². The van der Waals surface area contributed by atoms with Gasteiger partial charge in [-0.2, -0.15) is 18.3 Å². The van der Waals surface area contributed by atoms with E-state index in [1.165, 1.54) is 0 Å². The number of benzene rings is 1. The summed E-state index contributed by atoms with van der Waals surface area (Å²) in [6, 6.07) is 6.27. The van der Waals surface area contributed by atoms with Crippen LogP contribution in [0, 0.1) is 0 Å². The Hall–Kier alpha value is -2.76. The van der Waals surface area contributed by atoms with E-state index in [4.69, 9.17) is 0 Å². The monoisotopic (exact) mass is 492 g/mol. The van der Waals surface area contributed by atoms with Crippen LogP contribution in [0.2, 0.25) is 0 Å². The number of alkyl halides is 4. The lowest BCUT2D eigenvalue weighted by Crippen LogP contribution is -2.58. The number of fused-ring (bicyclic) bond motifs is 3. The number of hydrogen-bond donors (Lipinski definition) is 3. The molecule has 2 aromatic heterocycles. The van der Waals surface area contributed by atoms with Gasteiger partial charge in [0.15, 0.2) is 5.72 Å². The van der Waals surface area contributed by atoms with Crippen molar-refractivity contribution >= 4 is 16.6 Å². The molecule has 5 rings (SSSR count). The summed E-state index contributed by atoms with van der Waals surface area (Å²) in [6.07, 6.45) is -0.472. The lowest BCUT2D eigenvalue weighted by Gasteiger charge is -2.48. The largest absolute Gasteiger partial charge is 0.401 e. The van der Waals surface area contributed by atoms with E-state index in [2.05, 4.69) is 25.4 Å². The van der Waals surface area contributed by atoms with Crippen molar-refractivity contribution < 1.29 is 22.7 Å². The van der Waals surface area contributed by atoms with Crippen LogP contribution in [0.5, 0.6) is 0 Å².